The van der Waals surface area contributed by atoms with Gasteiger partial charge < -0.3 is 9.47 Å². The van der Waals surface area contributed by atoms with Crippen molar-refractivity contribution < 1.29 is 14.3 Å². The Balaban J connectivity index is 1.73. The molecule has 0 N–H and O–H groups in total. The molecule has 1 aromatic rings. The van der Waals surface area contributed by atoms with E-state index in [2.05, 4.69) is 30.8 Å². The number of carbonyl (C=O) groups excluding carboxylic acids is 1. The van der Waals surface area contributed by atoms with E-state index in [1.165, 1.54) is 11.1 Å². The fourth-order valence-electron chi connectivity index (χ4n) is 3.12. The molecule has 0 aliphatic carbocycles. The molecular weight excluding hydrogens is 288 g/mol. The molecular formula is C20H28O3. The maximum absolute atomic E-state index is 11.4. The molecule has 2 unspecified atom stereocenters. The molecule has 0 bridgehead atoms. The van der Waals surface area contributed by atoms with Gasteiger partial charge in [-0.1, -0.05) is 42.5 Å². The summed E-state index contributed by atoms with van der Waals surface area (Å²) >= 11 is 0. The molecule has 3 nitrogen and oxygen atoms in total. The minimum atomic E-state index is -0.109. The highest BCUT2D eigenvalue weighted by atomic mass is 16.5. The molecule has 2 atom stereocenters. The molecule has 0 aromatic heterocycles. The monoisotopic (exact) mass is 316 g/mol. The van der Waals surface area contributed by atoms with E-state index >= 15 is 0 Å². The van der Waals surface area contributed by atoms with Crippen LogP contribution in [0.1, 0.15) is 51.0 Å². The van der Waals surface area contributed by atoms with Gasteiger partial charge in [-0.15, -0.1) is 0 Å². The average Bonchev–Trinajstić information content (AvgIpc) is 2.54. The summed E-state index contributed by atoms with van der Waals surface area (Å²) in [6, 6.07) is 10.5. The summed E-state index contributed by atoms with van der Waals surface area (Å²) in [4.78, 5) is 11.4. The van der Waals surface area contributed by atoms with E-state index in [-0.39, 0.29) is 18.2 Å². The van der Waals surface area contributed by atoms with Crippen LogP contribution in [0.25, 0.3) is 0 Å². The zero-order valence-electron chi connectivity index (χ0n) is 14.1. The molecule has 0 amide bonds. The average molecular weight is 316 g/mol. The molecule has 23 heavy (non-hydrogen) atoms. The third-order valence-corrected chi connectivity index (χ3v) is 4.23. The first-order valence-corrected chi connectivity index (χ1v) is 8.69. The fraction of sp³-hybridized carbons (Fsp3) is 0.550. The minimum Gasteiger partial charge on any atom is -0.466 e. The second-order valence-electron chi connectivity index (χ2n) is 6.26. The minimum absolute atomic E-state index is 0.109. The molecule has 1 aliphatic heterocycles. The number of carbonyl (C=O) groups is 1. The van der Waals surface area contributed by atoms with E-state index in [4.69, 9.17) is 9.47 Å². The first kappa shape index (κ1) is 17.7. The van der Waals surface area contributed by atoms with Gasteiger partial charge in [0.2, 0.25) is 0 Å². The Hall–Kier alpha value is -1.61. The lowest BCUT2D eigenvalue weighted by Crippen LogP contribution is -2.29. The van der Waals surface area contributed by atoms with Gasteiger partial charge in [0, 0.05) is 6.42 Å². The summed E-state index contributed by atoms with van der Waals surface area (Å²) in [5.74, 6) is -0.109. The summed E-state index contributed by atoms with van der Waals surface area (Å²) in [7, 11) is 0. The summed E-state index contributed by atoms with van der Waals surface area (Å²) < 4.78 is 11.2. The first-order valence-electron chi connectivity index (χ1n) is 8.69. The van der Waals surface area contributed by atoms with Gasteiger partial charge in [0.05, 0.1) is 18.8 Å². The van der Waals surface area contributed by atoms with Gasteiger partial charge in [-0.3, -0.25) is 4.79 Å². The number of aryl methyl sites for hydroxylation is 1. The van der Waals surface area contributed by atoms with E-state index in [9.17, 15) is 4.79 Å². The van der Waals surface area contributed by atoms with Crippen molar-refractivity contribution in [2.24, 2.45) is 0 Å². The van der Waals surface area contributed by atoms with Gasteiger partial charge in [0.25, 0.3) is 0 Å². The molecule has 1 fully saturated rings. The number of ether oxygens (including phenoxy) is 2. The zero-order chi connectivity index (χ0) is 16.5. The molecule has 0 radical (unpaired) electrons. The molecule has 2 rings (SSSR count). The SMILES string of the molecule is C=C1CC(CCCC(=O)OCC)OC(CCc2ccccc2)C1. The van der Waals surface area contributed by atoms with Crippen LogP contribution in [0, 0.1) is 0 Å². The van der Waals surface area contributed by atoms with E-state index in [1.807, 2.05) is 13.0 Å². The lowest BCUT2D eigenvalue weighted by Gasteiger charge is -2.31. The van der Waals surface area contributed by atoms with Gasteiger partial charge >= 0.3 is 5.97 Å². The number of rotatable bonds is 8. The summed E-state index contributed by atoms with van der Waals surface area (Å²) in [5, 5.41) is 0. The highest BCUT2D eigenvalue weighted by Crippen LogP contribution is 2.28. The second-order valence-corrected chi connectivity index (χ2v) is 6.26. The van der Waals surface area contributed by atoms with E-state index < -0.39 is 0 Å². The van der Waals surface area contributed by atoms with Crippen molar-refractivity contribution in [2.45, 2.75) is 64.1 Å². The van der Waals surface area contributed by atoms with Crippen molar-refractivity contribution in [1.29, 1.82) is 0 Å². The predicted molar refractivity (Wildman–Crippen MR) is 92.3 cm³/mol. The first-order chi connectivity index (χ1) is 11.2. The molecule has 1 aromatic carbocycles. The largest absolute Gasteiger partial charge is 0.466 e. The smallest absolute Gasteiger partial charge is 0.305 e. The normalized spacial score (nSPS) is 21.2. The van der Waals surface area contributed by atoms with Crippen LogP contribution in [-0.2, 0) is 20.7 Å². The Morgan fingerprint density at radius 3 is 2.61 bits per heavy atom. The van der Waals surface area contributed by atoms with Gasteiger partial charge in [-0.2, -0.15) is 0 Å². The van der Waals surface area contributed by atoms with Crippen LogP contribution in [0.5, 0.6) is 0 Å². The Morgan fingerprint density at radius 2 is 1.91 bits per heavy atom. The number of esters is 1. The highest BCUT2D eigenvalue weighted by Gasteiger charge is 2.24. The predicted octanol–water partition coefficient (Wildman–Crippen LogP) is 4.46. The van der Waals surface area contributed by atoms with Crippen molar-refractivity contribution in [2.75, 3.05) is 6.61 Å². The van der Waals surface area contributed by atoms with Crippen LogP contribution < -0.4 is 0 Å². The Labute approximate surface area is 139 Å². The molecule has 1 aliphatic rings. The maximum atomic E-state index is 11.4. The van der Waals surface area contributed by atoms with Gasteiger partial charge in [-0.25, -0.2) is 0 Å². The van der Waals surface area contributed by atoms with Crippen molar-refractivity contribution >= 4 is 5.97 Å². The number of benzene rings is 1. The Bertz CT molecular complexity index is 495. The standard InChI is InChI=1S/C20H28O3/c1-3-22-20(21)11-7-10-18-14-16(2)15-19(23-18)13-12-17-8-5-4-6-9-17/h4-6,8-9,18-19H,2-3,7,10-15H2,1H3. The number of hydrogen-bond donors (Lipinski definition) is 0. The van der Waals surface area contributed by atoms with Crippen molar-refractivity contribution in [1.82, 2.24) is 0 Å². The molecule has 0 spiro atoms. The van der Waals surface area contributed by atoms with Crippen molar-refractivity contribution in [3.8, 4) is 0 Å². The van der Waals surface area contributed by atoms with Crippen LogP contribution in [0.15, 0.2) is 42.5 Å². The topological polar surface area (TPSA) is 35.5 Å². The van der Waals surface area contributed by atoms with E-state index in [0.29, 0.717) is 13.0 Å². The molecule has 1 heterocycles. The summed E-state index contributed by atoms with van der Waals surface area (Å²) in [6.45, 7) is 6.46. The molecule has 126 valence electrons. The van der Waals surface area contributed by atoms with Crippen molar-refractivity contribution in [3.63, 3.8) is 0 Å². The third kappa shape index (κ3) is 6.57. The molecule has 0 saturated carbocycles. The molecule has 3 heteroatoms. The Morgan fingerprint density at radius 1 is 1.22 bits per heavy atom. The summed E-state index contributed by atoms with van der Waals surface area (Å²) in [6.07, 6.45) is 6.60. The lowest BCUT2D eigenvalue weighted by molar-refractivity contribution is -0.143. The van der Waals surface area contributed by atoms with Crippen LogP contribution in [0.4, 0.5) is 0 Å². The van der Waals surface area contributed by atoms with Crippen molar-refractivity contribution in [3.05, 3.63) is 48.0 Å². The number of hydrogen-bond acceptors (Lipinski definition) is 3. The maximum Gasteiger partial charge on any atom is 0.305 e. The van der Waals surface area contributed by atoms with Crippen LogP contribution in [0.3, 0.4) is 0 Å². The lowest BCUT2D eigenvalue weighted by atomic mass is 9.93. The Kier molecular flexibility index (Phi) is 7.34. The third-order valence-electron chi connectivity index (χ3n) is 4.23. The van der Waals surface area contributed by atoms with Gasteiger partial charge in [0.15, 0.2) is 0 Å². The van der Waals surface area contributed by atoms with E-state index in [0.717, 1.165) is 38.5 Å². The van der Waals surface area contributed by atoms with Crippen LogP contribution >= 0.6 is 0 Å². The van der Waals surface area contributed by atoms with E-state index in [1.54, 1.807) is 0 Å². The summed E-state index contributed by atoms with van der Waals surface area (Å²) in [5.41, 5.74) is 2.63. The quantitative estimate of drug-likeness (QED) is 0.525. The van der Waals surface area contributed by atoms with Gasteiger partial charge in [-0.05, 0) is 51.0 Å². The van der Waals surface area contributed by atoms with Crippen LogP contribution in [-0.4, -0.2) is 24.8 Å². The zero-order valence-corrected chi connectivity index (χ0v) is 14.1. The second kappa shape index (κ2) is 9.51. The highest BCUT2D eigenvalue weighted by molar-refractivity contribution is 5.69. The van der Waals surface area contributed by atoms with Gasteiger partial charge in [0.1, 0.15) is 0 Å². The van der Waals surface area contributed by atoms with Crippen LogP contribution in [0.2, 0.25) is 0 Å². The molecule has 1 saturated heterocycles. The fourth-order valence-corrected chi connectivity index (χ4v) is 3.12.